The highest BCUT2D eigenvalue weighted by Gasteiger charge is 2.32. The van der Waals surface area contributed by atoms with E-state index in [9.17, 15) is 9.59 Å². The maximum Gasteiger partial charge on any atom is 0.373 e. The van der Waals surface area contributed by atoms with Crippen molar-refractivity contribution in [2.24, 2.45) is 5.73 Å². The van der Waals surface area contributed by atoms with Crippen molar-refractivity contribution in [1.82, 2.24) is 0 Å². The van der Waals surface area contributed by atoms with Crippen molar-refractivity contribution >= 4 is 17.6 Å². The van der Waals surface area contributed by atoms with E-state index in [2.05, 4.69) is 9.64 Å². The summed E-state index contributed by atoms with van der Waals surface area (Å²) in [5.74, 6) is -0.226. The SMILES string of the molecule is COC(=O)c1ccc([C@H](C)N2CC[C@H](C(N)=O)c3ccccc32)o1. The Kier molecular flexibility index (Phi) is 4.29. The second-order valence-electron chi connectivity index (χ2n) is 5.87. The van der Waals surface area contributed by atoms with Gasteiger partial charge in [0.25, 0.3) is 0 Å². The van der Waals surface area contributed by atoms with Crippen molar-refractivity contribution in [2.45, 2.75) is 25.3 Å². The first-order valence-electron chi connectivity index (χ1n) is 7.86. The summed E-state index contributed by atoms with van der Waals surface area (Å²) in [6, 6.07) is 11.1. The maximum atomic E-state index is 11.7. The Balaban J connectivity index is 1.92. The molecule has 0 fully saturated rings. The van der Waals surface area contributed by atoms with Crippen molar-refractivity contribution in [3.05, 3.63) is 53.5 Å². The van der Waals surface area contributed by atoms with Crippen molar-refractivity contribution in [1.29, 1.82) is 0 Å². The number of nitrogens with two attached hydrogens (primary N) is 1. The highest BCUT2D eigenvalue weighted by Crippen LogP contribution is 2.39. The molecule has 6 heteroatoms. The third kappa shape index (κ3) is 2.75. The van der Waals surface area contributed by atoms with Gasteiger partial charge >= 0.3 is 5.97 Å². The minimum Gasteiger partial charge on any atom is -0.463 e. The third-order valence-corrected chi connectivity index (χ3v) is 4.52. The highest BCUT2D eigenvalue weighted by molar-refractivity contribution is 5.86. The Morgan fingerprint density at radius 3 is 2.75 bits per heavy atom. The summed E-state index contributed by atoms with van der Waals surface area (Å²) in [6.45, 7) is 2.68. The molecular formula is C18H20N2O4. The number of esters is 1. The molecule has 126 valence electrons. The van der Waals surface area contributed by atoms with E-state index in [1.807, 2.05) is 31.2 Å². The fourth-order valence-electron chi connectivity index (χ4n) is 3.23. The summed E-state index contributed by atoms with van der Waals surface area (Å²) >= 11 is 0. The molecule has 2 N–H and O–H groups in total. The number of para-hydroxylation sites is 1. The lowest BCUT2D eigenvalue weighted by atomic mass is 9.88. The number of carbonyl (C=O) groups is 2. The number of furan rings is 1. The second kappa shape index (κ2) is 6.39. The zero-order valence-corrected chi connectivity index (χ0v) is 13.7. The van der Waals surface area contributed by atoms with Crippen molar-refractivity contribution in [2.75, 3.05) is 18.6 Å². The van der Waals surface area contributed by atoms with Gasteiger partial charge in [-0.1, -0.05) is 18.2 Å². The Morgan fingerprint density at radius 2 is 2.04 bits per heavy atom. The van der Waals surface area contributed by atoms with Gasteiger partial charge in [-0.05, 0) is 37.1 Å². The number of ether oxygens (including phenoxy) is 1. The number of primary amides is 1. The Bertz CT molecular complexity index is 768. The van der Waals surface area contributed by atoms with Crippen LogP contribution < -0.4 is 10.6 Å². The lowest BCUT2D eigenvalue weighted by Gasteiger charge is -2.37. The van der Waals surface area contributed by atoms with Crippen LogP contribution in [0.5, 0.6) is 0 Å². The molecule has 0 unspecified atom stereocenters. The molecule has 1 aromatic heterocycles. The first kappa shape index (κ1) is 16.1. The van der Waals surface area contributed by atoms with Gasteiger partial charge in [-0.25, -0.2) is 4.79 Å². The molecule has 0 aliphatic carbocycles. The zero-order chi connectivity index (χ0) is 17.3. The molecule has 0 radical (unpaired) electrons. The first-order chi connectivity index (χ1) is 11.5. The molecule has 0 spiro atoms. The molecule has 1 aromatic carbocycles. The molecule has 3 rings (SSSR count). The number of methoxy groups -OCH3 is 1. The Labute approximate surface area is 140 Å². The molecule has 24 heavy (non-hydrogen) atoms. The number of amides is 1. The fraction of sp³-hybridized carbons (Fsp3) is 0.333. The summed E-state index contributed by atoms with van der Waals surface area (Å²) in [5, 5.41) is 0. The van der Waals surface area contributed by atoms with Crippen LogP contribution in [0.3, 0.4) is 0 Å². The van der Waals surface area contributed by atoms with E-state index in [0.29, 0.717) is 18.7 Å². The van der Waals surface area contributed by atoms with E-state index in [0.717, 1.165) is 11.3 Å². The van der Waals surface area contributed by atoms with Crippen LogP contribution in [0, 0.1) is 0 Å². The van der Waals surface area contributed by atoms with Gasteiger partial charge in [-0.3, -0.25) is 4.79 Å². The van der Waals surface area contributed by atoms with Crippen LogP contribution in [0.15, 0.2) is 40.8 Å². The number of benzene rings is 1. The van der Waals surface area contributed by atoms with Crippen molar-refractivity contribution in [3.63, 3.8) is 0 Å². The molecule has 0 saturated carbocycles. The monoisotopic (exact) mass is 328 g/mol. The van der Waals surface area contributed by atoms with Crippen LogP contribution in [-0.2, 0) is 9.53 Å². The standard InChI is InChI=1S/C18H20N2O4/c1-11(15-7-8-16(24-15)18(22)23-2)20-10-9-13(17(19)21)12-5-3-4-6-14(12)20/h3-8,11,13H,9-10H2,1-2H3,(H2,19,21)/t11-,13-/m0/s1. The van der Waals surface area contributed by atoms with Gasteiger partial charge in [0.1, 0.15) is 5.76 Å². The average Bonchev–Trinajstić information content (AvgIpc) is 3.09. The normalized spacial score (nSPS) is 17.9. The highest BCUT2D eigenvalue weighted by atomic mass is 16.5. The van der Waals surface area contributed by atoms with Gasteiger partial charge < -0.3 is 19.8 Å². The van der Waals surface area contributed by atoms with Crippen LogP contribution in [0.1, 0.15) is 47.2 Å². The van der Waals surface area contributed by atoms with E-state index in [1.54, 1.807) is 12.1 Å². The second-order valence-corrected chi connectivity index (χ2v) is 5.87. The summed E-state index contributed by atoms with van der Waals surface area (Å²) in [4.78, 5) is 25.4. The Hall–Kier alpha value is -2.76. The quantitative estimate of drug-likeness (QED) is 0.872. The predicted molar refractivity (Wildman–Crippen MR) is 88.8 cm³/mol. The number of nitrogens with zero attached hydrogens (tertiary/aromatic N) is 1. The maximum absolute atomic E-state index is 11.7. The molecule has 2 aromatic rings. The van der Waals surface area contributed by atoms with Gasteiger partial charge in [0.15, 0.2) is 0 Å². The van der Waals surface area contributed by atoms with E-state index in [4.69, 9.17) is 10.2 Å². The van der Waals surface area contributed by atoms with Crippen LogP contribution in [0.2, 0.25) is 0 Å². The summed E-state index contributed by atoms with van der Waals surface area (Å²) < 4.78 is 10.3. The van der Waals surface area contributed by atoms with Crippen LogP contribution in [0.4, 0.5) is 5.69 Å². The molecule has 2 atom stereocenters. The molecular weight excluding hydrogens is 308 g/mol. The minimum atomic E-state index is -0.499. The summed E-state index contributed by atoms with van der Waals surface area (Å²) in [7, 11) is 1.32. The molecule has 2 heterocycles. The van der Waals surface area contributed by atoms with Crippen LogP contribution >= 0.6 is 0 Å². The van der Waals surface area contributed by atoms with Gasteiger partial charge in [0, 0.05) is 12.2 Å². The minimum absolute atomic E-state index is 0.0848. The fourth-order valence-corrected chi connectivity index (χ4v) is 3.23. The van der Waals surface area contributed by atoms with E-state index in [-0.39, 0.29) is 23.6 Å². The van der Waals surface area contributed by atoms with Gasteiger partial charge in [-0.15, -0.1) is 0 Å². The molecule has 1 aliphatic heterocycles. The number of carbonyl (C=O) groups excluding carboxylic acids is 2. The Morgan fingerprint density at radius 1 is 1.29 bits per heavy atom. The van der Waals surface area contributed by atoms with Crippen molar-refractivity contribution in [3.8, 4) is 0 Å². The van der Waals surface area contributed by atoms with Crippen molar-refractivity contribution < 1.29 is 18.7 Å². The summed E-state index contributed by atoms with van der Waals surface area (Å²) in [5.41, 5.74) is 7.44. The number of rotatable bonds is 4. The molecule has 6 nitrogen and oxygen atoms in total. The van der Waals surface area contributed by atoms with Gasteiger partial charge in [0.05, 0.1) is 19.1 Å². The van der Waals surface area contributed by atoms with E-state index in [1.165, 1.54) is 7.11 Å². The summed E-state index contributed by atoms with van der Waals surface area (Å²) in [6.07, 6.45) is 0.654. The van der Waals surface area contributed by atoms with Crippen LogP contribution in [0.25, 0.3) is 0 Å². The lowest BCUT2D eigenvalue weighted by Crippen LogP contribution is -2.37. The first-order valence-corrected chi connectivity index (χ1v) is 7.86. The number of hydrogen-bond acceptors (Lipinski definition) is 5. The van der Waals surface area contributed by atoms with Gasteiger partial charge in [0.2, 0.25) is 11.7 Å². The molecule has 0 saturated heterocycles. The molecule has 1 aliphatic rings. The average molecular weight is 328 g/mol. The van der Waals surface area contributed by atoms with Crippen LogP contribution in [-0.4, -0.2) is 25.5 Å². The third-order valence-electron chi connectivity index (χ3n) is 4.52. The molecule has 1 amide bonds. The van der Waals surface area contributed by atoms with E-state index < -0.39 is 5.97 Å². The topological polar surface area (TPSA) is 85.8 Å². The number of fused-ring (bicyclic) bond motifs is 1. The molecule has 0 bridgehead atoms. The van der Waals surface area contributed by atoms with E-state index >= 15 is 0 Å². The predicted octanol–water partition coefficient (Wildman–Crippen LogP) is 2.61. The zero-order valence-electron chi connectivity index (χ0n) is 13.7. The lowest BCUT2D eigenvalue weighted by molar-refractivity contribution is -0.119. The smallest absolute Gasteiger partial charge is 0.373 e. The van der Waals surface area contributed by atoms with Gasteiger partial charge in [-0.2, -0.15) is 0 Å². The number of hydrogen-bond donors (Lipinski definition) is 1. The largest absolute Gasteiger partial charge is 0.463 e. The number of anilines is 1.